The Balaban J connectivity index is 1.67. The monoisotopic (exact) mass is 292 g/mol. The van der Waals surface area contributed by atoms with E-state index in [4.69, 9.17) is 0 Å². The number of nitrogens with zero attached hydrogens (tertiary/aromatic N) is 2. The molecule has 3 aliphatic rings. The van der Waals surface area contributed by atoms with Crippen LogP contribution in [-0.4, -0.2) is 21.5 Å². The largest absolute Gasteiger partial charge is 0.322 e. The minimum absolute atomic E-state index is 0.313. The average molecular weight is 292 g/mol. The van der Waals surface area contributed by atoms with Crippen LogP contribution in [0.2, 0.25) is 0 Å². The number of hydrogen-bond acceptors (Lipinski definition) is 2. The summed E-state index contributed by atoms with van der Waals surface area (Å²) < 4.78 is 16.4. The first-order valence-electron chi connectivity index (χ1n) is 7.57. The molecule has 2 nitrogen and oxygen atoms in total. The highest BCUT2D eigenvalue weighted by Crippen LogP contribution is 2.67. The number of aromatic nitrogens is 2. The van der Waals surface area contributed by atoms with Gasteiger partial charge in [-0.1, -0.05) is 6.92 Å². The fraction of sp³-hybridized carbons (Fsp3) is 0.688. The summed E-state index contributed by atoms with van der Waals surface area (Å²) >= 11 is 1.87. The van der Waals surface area contributed by atoms with E-state index in [1.54, 1.807) is 6.92 Å². The summed E-state index contributed by atoms with van der Waals surface area (Å²) in [6.45, 7) is 4.01. The van der Waals surface area contributed by atoms with Crippen LogP contribution in [0.4, 0.5) is 4.39 Å². The maximum atomic E-state index is 14.1. The lowest BCUT2D eigenvalue weighted by atomic mass is 9.91. The first-order valence-corrected chi connectivity index (χ1v) is 8.80. The van der Waals surface area contributed by atoms with Gasteiger partial charge in [0.25, 0.3) is 0 Å². The highest BCUT2D eigenvalue weighted by molar-refractivity contribution is 8.02. The van der Waals surface area contributed by atoms with Crippen LogP contribution in [0.25, 0.3) is 5.57 Å². The van der Waals surface area contributed by atoms with Gasteiger partial charge in [0.2, 0.25) is 0 Å². The van der Waals surface area contributed by atoms with E-state index in [1.807, 2.05) is 24.3 Å². The van der Waals surface area contributed by atoms with E-state index in [1.165, 1.54) is 16.2 Å². The summed E-state index contributed by atoms with van der Waals surface area (Å²) in [7, 11) is 0. The molecule has 0 saturated heterocycles. The minimum Gasteiger partial charge on any atom is -0.322 e. The molecule has 2 saturated carbocycles. The smallest absolute Gasteiger partial charge is 0.114 e. The van der Waals surface area contributed by atoms with Crippen LogP contribution in [0.5, 0.6) is 0 Å². The van der Waals surface area contributed by atoms with E-state index < -0.39 is 5.67 Å². The van der Waals surface area contributed by atoms with Crippen LogP contribution in [0.15, 0.2) is 17.4 Å². The standard InChI is InChI=1S/C16H21FN2S/c1-4-10-13-7-18-8-19(13)14(15(10)20-3)9-5-11-12(6-9)16(11,2)17/h7-9,11-12,14H,4-6H2,1-3H3. The third-order valence-electron chi connectivity index (χ3n) is 5.80. The van der Waals surface area contributed by atoms with Crippen LogP contribution < -0.4 is 0 Å². The summed E-state index contributed by atoms with van der Waals surface area (Å²) in [5.41, 5.74) is 1.86. The van der Waals surface area contributed by atoms with Crippen LogP contribution in [0, 0.1) is 17.8 Å². The van der Waals surface area contributed by atoms with Gasteiger partial charge in [0.15, 0.2) is 0 Å². The molecule has 2 fully saturated rings. The van der Waals surface area contributed by atoms with Crippen molar-refractivity contribution in [2.75, 3.05) is 6.26 Å². The van der Waals surface area contributed by atoms with Gasteiger partial charge in [-0.2, -0.15) is 0 Å². The maximum absolute atomic E-state index is 14.1. The number of alkyl halides is 1. The van der Waals surface area contributed by atoms with Gasteiger partial charge in [-0.25, -0.2) is 9.37 Å². The molecule has 2 aliphatic carbocycles. The molecule has 0 spiro atoms. The molecule has 3 atom stereocenters. The van der Waals surface area contributed by atoms with Crippen molar-refractivity contribution in [1.29, 1.82) is 0 Å². The Hall–Kier alpha value is -0.770. The van der Waals surface area contributed by atoms with Gasteiger partial charge in [-0.15, -0.1) is 11.8 Å². The van der Waals surface area contributed by atoms with Gasteiger partial charge in [0.05, 0.1) is 24.3 Å². The van der Waals surface area contributed by atoms with E-state index in [2.05, 4.69) is 22.7 Å². The lowest BCUT2D eigenvalue weighted by Gasteiger charge is -2.26. The molecule has 1 aromatic heterocycles. The van der Waals surface area contributed by atoms with Gasteiger partial charge in [0, 0.05) is 4.91 Å². The fourth-order valence-corrected chi connectivity index (χ4v) is 5.73. The molecule has 0 N–H and O–H groups in total. The molecule has 1 aliphatic heterocycles. The zero-order valence-corrected chi connectivity index (χ0v) is 13.1. The quantitative estimate of drug-likeness (QED) is 0.826. The highest BCUT2D eigenvalue weighted by atomic mass is 32.2. The lowest BCUT2D eigenvalue weighted by Crippen LogP contribution is -2.20. The Morgan fingerprint density at radius 3 is 2.75 bits per heavy atom. The summed E-state index contributed by atoms with van der Waals surface area (Å²) in [5, 5.41) is 0. The average Bonchev–Trinajstić information content (AvgIpc) is 2.95. The summed E-state index contributed by atoms with van der Waals surface area (Å²) in [6.07, 6.45) is 9.27. The second kappa shape index (κ2) is 4.12. The third kappa shape index (κ3) is 1.49. The molecule has 0 bridgehead atoms. The molecule has 4 rings (SSSR count). The van der Waals surface area contributed by atoms with Gasteiger partial charge in [-0.3, -0.25) is 0 Å². The van der Waals surface area contributed by atoms with Crippen LogP contribution >= 0.6 is 11.8 Å². The number of rotatable bonds is 3. The van der Waals surface area contributed by atoms with E-state index in [0.29, 0.717) is 23.8 Å². The van der Waals surface area contributed by atoms with Gasteiger partial charge < -0.3 is 4.57 Å². The molecule has 0 aromatic carbocycles. The molecule has 20 heavy (non-hydrogen) atoms. The molecule has 2 heterocycles. The zero-order chi connectivity index (χ0) is 14.1. The van der Waals surface area contributed by atoms with Crippen LogP contribution in [-0.2, 0) is 0 Å². The first-order chi connectivity index (χ1) is 9.59. The zero-order valence-electron chi connectivity index (χ0n) is 12.3. The summed E-state index contributed by atoms with van der Waals surface area (Å²) in [5.74, 6) is 1.22. The minimum atomic E-state index is -0.871. The molecule has 4 heteroatoms. The van der Waals surface area contributed by atoms with E-state index in [-0.39, 0.29) is 0 Å². The van der Waals surface area contributed by atoms with E-state index in [0.717, 1.165) is 19.3 Å². The van der Waals surface area contributed by atoms with Crippen molar-refractivity contribution in [2.45, 2.75) is 44.8 Å². The second-order valence-corrected chi connectivity index (χ2v) is 7.48. The number of imidazole rings is 1. The Labute approximate surface area is 123 Å². The van der Waals surface area contributed by atoms with Crippen molar-refractivity contribution in [3.63, 3.8) is 0 Å². The van der Waals surface area contributed by atoms with Crippen molar-refractivity contribution >= 4 is 17.3 Å². The Bertz CT molecular complexity index is 575. The van der Waals surface area contributed by atoms with Gasteiger partial charge in [-0.05, 0) is 55.8 Å². The topological polar surface area (TPSA) is 17.8 Å². The molecule has 0 radical (unpaired) electrons. The fourth-order valence-electron chi connectivity index (χ4n) is 4.69. The summed E-state index contributed by atoms with van der Waals surface area (Å²) in [6, 6.07) is 0.418. The maximum Gasteiger partial charge on any atom is 0.114 e. The number of allylic oxidation sites excluding steroid dienone is 2. The van der Waals surface area contributed by atoms with Gasteiger partial charge >= 0.3 is 0 Å². The van der Waals surface area contributed by atoms with Crippen molar-refractivity contribution in [2.24, 2.45) is 17.8 Å². The molecular weight excluding hydrogens is 271 g/mol. The predicted octanol–water partition coefficient (Wildman–Crippen LogP) is 4.31. The van der Waals surface area contributed by atoms with Crippen LogP contribution in [0.1, 0.15) is 44.8 Å². The molecule has 1 aromatic rings. The summed E-state index contributed by atoms with van der Waals surface area (Å²) in [4.78, 5) is 5.83. The van der Waals surface area contributed by atoms with Crippen molar-refractivity contribution in [3.05, 3.63) is 23.1 Å². The van der Waals surface area contributed by atoms with Gasteiger partial charge in [0.1, 0.15) is 5.67 Å². The molecule has 108 valence electrons. The van der Waals surface area contributed by atoms with Crippen molar-refractivity contribution < 1.29 is 4.39 Å². The molecular formula is C16H21FN2S. The SMILES string of the molecule is CCC1=C(SC)C(C2CC3C(C2)C3(C)F)n2cncc21. The number of fused-ring (bicyclic) bond motifs is 2. The van der Waals surface area contributed by atoms with Crippen LogP contribution in [0.3, 0.4) is 0 Å². The lowest BCUT2D eigenvalue weighted by molar-refractivity contribution is 0.226. The Kier molecular flexibility index (Phi) is 2.67. The molecule has 3 unspecified atom stereocenters. The van der Waals surface area contributed by atoms with Crippen molar-refractivity contribution in [1.82, 2.24) is 9.55 Å². The Morgan fingerprint density at radius 2 is 2.15 bits per heavy atom. The highest BCUT2D eigenvalue weighted by Gasteiger charge is 2.67. The van der Waals surface area contributed by atoms with Crippen molar-refractivity contribution in [3.8, 4) is 0 Å². The number of hydrogen-bond donors (Lipinski definition) is 0. The number of thioether (sulfide) groups is 1. The third-order valence-corrected chi connectivity index (χ3v) is 6.73. The van der Waals surface area contributed by atoms with E-state index in [9.17, 15) is 4.39 Å². The van der Waals surface area contributed by atoms with E-state index >= 15 is 0 Å². The molecule has 0 amide bonds. The predicted molar refractivity (Wildman–Crippen MR) is 81.2 cm³/mol. The Morgan fingerprint density at radius 1 is 1.45 bits per heavy atom. The normalized spacial score (nSPS) is 42.0. The first kappa shape index (κ1) is 12.9. The second-order valence-electron chi connectivity index (χ2n) is 6.63. The number of halogens is 1.